The molecule has 0 radical (unpaired) electrons. The maximum absolute atomic E-state index is 13.5. The predicted octanol–water partition coefficient (Wildman–Crippen LogP) is 3.43. The lowest BCUT2D eigenvalue weighted by Gasteiger charge is -2.27. The third kappa shape index (κ3) is 3.67. The van der Waals surface area contributed by atoms with Crippen molar-refractivity contribution in [3.63, 3.8) is 0 Å². The van der Waals surface area contributed by atoms with E-state index >= 15 is 0 Å². The molecule has 7 nitrogen and oxygen atoms in total. The summed E-state index contributed by atoms with van der Waals surface area (Å²) in [7, 11) is 0. The number of anilines is 1. The summed E-state index contributed by atoms with van der Waals surface area (Å²) in [6.07, 6.45) is 1.10. The first-order valence-electron chi connectivity index (χ1n) is 11.5. The van der Waals surface area contributed by atoms with Gasteiger partial charge in [-0.1, -0.05) is 50.2 Å². The number of para-hydroxylation sites is 2. The lowest BCUT2D eigenvalue weighted by Crippen LogP contribution is -2.49. The van der Waals surface area contributed by atoms with E-state index in [1.807, 2.05) is 62.4 Å². The first-order chi connectivity index (χ1) is 15.9. The predicted molar refractivity (Wildman–Crippen MR) is 127 cm³/mol. The first kappa shape index (κ1) is 21.2. The Morgan fingerprint density at radius 2 is 1.88 bits per heavy atom. The van der Waals surface area contributed by atoms with Crippen LogP contribution in [-0.2, 0) is 15.0 Å². The van der Waals surface area contributed by atoms with Crippen LogP contribution in [0.25, 0.3) is 10.9 Å². The highest BCUT2D eigenvalue weighted by Crippen LogP contribution is 2.44. The molecule has 170 valence electrons. The molecule has 0 aliphatic carbocycles. The van der Waals surface area contributed by atoms with Gasteiger partial charge >= 0.3 is 0 Å². The maximum Gasteiger partial charge on any atom is 0.268 e. The van der Waals surface area contributed by atoms with Crippen molar-refractivity contribution < 1.29 is 14.4 Å². The quantitative estimate of drug-likeness (QED) is 0.563. The lowest BCUT2D eigenvalue weighted by atomic mass is 9.81. The van der Waals surface area contributed by atoms with E-state index in [2.05, 4.69) is 15.6 Å². The van der Waals surface area contributed by atoms with Crippen LogP contribution in [0, 0.1) is 5.92 Å². The number of nitrogens with zero attached hydrogens (tertiary/aromatic N) is 1. The molecule has 1 fully saturated rings. The summed E-state index contributed by atoms with van der Waals surface area (Å²) in [5.74, 6) is -0.277. The standard InChI is InChI=1S/C26H28N4O3/c1-16(2)13-22(28-23(31)21-14-17-7-3-5-9-19(17)27-21)24(32)30-12-11-26(15-30)18-8-4-6-10-20(18)29-25(26)33/h3-10,14,16,22,27H,11-13,15H2,1-2H3,(H,28,31)(H,29,33)/t22-,26-/m0/s1. The van der Waals surface area contributed by atoms with Gasteiger partial charge in [-0.05, 0) is 42.5 Å². The van der Waals surface area contributed by atoms with Crippen molar-refractivity contribution in [3.8, 4) is 0 Å². The molecule has 1 saturated heterocycles. The minimum atomic E-state index is -0.712. The number of fused-ring (bicyclic) bond motifs is 3. The Kier molecular flexibility index (Phi) is 5.19. The number of carbonyl (C=O) groups is 3. The van der Waals surface area contributed by atoms with Gasteiger partial charge in [0.1, 0.15) is 11.7 Å². The largest absolute Gasteiger partial charge is 0.351 e. The fourth-order valence-electron chi connectivity index (χ4n) is 5.12. The second-order valence-electron chi connectivity index (χ2n) is 9.52. The molecule has 2 atom stereocenters. The van der Waals surface area contributed by atoms with Gasteiger partial charge in [0, 0.05) is 29.7 Å². The van der Waals surface area contributed by atoms with Crippen molar-refractivity contribution in [1.29, 1.82) is 0 Å². The van der Waals surface area contributed by atoms with Gasteiger partial charge < -0.3 is 20.5 Å². The number of hydrogen-bond donors (Lipinski definition) is 3. The summed E-state index contributed by atoms with van der Waals surface area (Å²) < 4.78 is 0. The number of H-pyrrole nitrogens is 1. The van der Waals surface area contributed by atoms with Gasteiger partial charge in [-0.2, -0.15) is 0 Å². The fourth-order valence-corrected chi connectivity index (χ4v) is 5.12. The number of aromatic amines is 1. The monoisotopic (exact) mass is 444 g/mol. The van der Waals surface area contributed by atoms with Crippen molar-refractivity contribution in [2.75, 3.05) is 18.4 Å². The molecule has 7 heteroatoms. The molecule has 0 saturated carbocycles. The van der Waals surface area contributed by atoms with Crippen LogP contribution in [-0.4, -0.2) is 46.7 Å². The molecule has 3 amide bonds. The smallest absolute Gasteiger partial charge is 0.268 e. The number of carbonyl (C=O) groups excluding carboxylic acids is 3. The Morgan fingerprint density at radius 3 is 2.67 bits per heavy atom. The van der Waals surface area contributed by atoms with E-state index in [9.17, 15) is 14.4 Å². The van der Waals surface area contributed by atoms with Crippen molar-refractivity contribution >= 4 is 34.3 Å². The highest BCUT2D eigenvalue weighted by molar-refractivity contribution is 6.07. The molecule has 33 heavy (non-hydrogen) atoms. The summed E-state index contributed by atoms with van der Waals surface area (Å²) in [5, 5.41) is 6.86. The average Bonchev–Trinajstić information content (AvgIpc) is 3.50. The zero-order valence-electron chi connectivity index (χ0n) is 18.9. The summed E-state index contributed by atoms with van der Waals surface area (Å²) in [5.41, 5.74) is 2.37. The molecule has 1 spiro atoms. The minimum Gasteiger partial charge on any atom is -0.351 e. The molecule has 2 aromatic carbocycles. The van der Waals surface area contributed by atoms with Crippen LogP contribution >= 0.6 is 0 Å². The van der Waals surface area contributed by atoms with Gasteiger partial charge in [0.05, 0.1) is 5.41 Å². The van der Waals surface area contributed by atoms with Crippen LogP contribution in [0.4, 0.5) is 5.69 Å². The SMILES string of the molecule is CC(C)C[C@H](NC(=O)c1cc2ccccc2[nH]1)C(=O)N1CC[C@@]2(C1)C(=O)Nc1ccccc12. The molecular formula is C26H28N4O3. The highest BCUT2D eigenvalue weighted by atomic mass is 16.2. The van der Waals surface area contributed by atoms with Crippen molar-refractivity contribution in [3.05, 3.63) is 65.9 Å². The number of hydrogen-bond acceptors (Lipinski definition) is 3. The Bertz CT molecular complexity index is 1210. The van der Waals surface area contributed by atoms with Crippen LogP contribution in [0.3, 0.4) is 0 Å². The number of rotatable bonds is 5. The molecule has 1 aromatic heterocycles. The molecule has 2 aliphatic heterocycles. The lowest BCUT2D eigenvalue weighted by molar-refractivity contribution is -0.133. The van der Waals surface area contributed by atoms with Gasteiger partial charge in [-0.15, -0.1) is 0 Å². The number of aromatic nitrogens is 1. The van der Waals surface area contributed by atoms with E-state index < -0.39 is 11.5 Å². The summed E-state index contributed by atoms with van der Waals surface area (Å²) >= 11 is 0. The molecule has 3 heterocycles. The van der Waals surface area contributed by atoms with E-state index in [0.29, 0.717) is 31.6 Å². The van der Waals surface area contributed by atoms with E-state index in [4.69, 9.17) is 0 Å². The number of benzene rings is 2. The Hall–Kier alpha value is -3.61. The summed E-state index contributed by atoms with van der Waals surface area (Å²) in [4.78, 5) is 44.3. The molecule has 2 aliphatic rings. The number of likely N-dealkylation sites (tertiary alicyclic amines) is 1. The van der Waals surface area contributed by atoms with Gasteiger partial charge in [0.15, 0.2) is 0 Å². The third-order valence-electron chi connectivity index (χ3n) is 6.79. The van der Waals surface area contributed by atoms with E-state index in [-0.39, 0.29) is 23.6 Å². The molecule has 3 aromatic rings. The third-order valence-corrected chi connectivity index (χ3v) is 6.79. The topological polar surface area (TPSA) is 94.3 Å². The van der Waals surface area contributed by atoms with Crippen LogP contribution < -0.4 is 10.6 Å². The second kappa shape index (κ2) is 8.06. The molecule has 3 N–H and O–H groups in total. The second-order valence-corrected chi connectivity index (χ2v) is 9.52. The Morgan fingerprint density at radius 1 is 1.12 bits per heavy atom. The molecule has 0 unspecified atom stereocenters. The van der Waals surface area contributed by atoms with Crippen LogP contribution in [0.15, 0.2) is 54.6 Å². The van der Waals surface area contributed by atoms with Crippen LogP contribution in [0.5, 0.6) is 0 Å². The minimum absolute atomic E-state index is 0.0541. The summed E-state index contributed by atoms with van der Waals surface area (Å²) in [6.45, 7) is 4.87. The normalized spacial score (nSPS) is 20.3. The van der Waals surface area contributed by atoms with E-state index in [1.54, 1.807) is 11.0 Å². The Balaban J connectivity index is 1.35. The fraction of sp³-hybridized carbons (Fsp3) is 0.346. The van der Waals surface area contributed by atoms with Crippen molar-refractivity contribution in [2.45, 2.75) is 38.1 Å². The number of amides is 3. The van der Waals surface area contributed by atoms with Gasteiger partial charge in [0.2, 0.25) is 11.8 Å². The van der Waals surface area contributed by atoms with Crippen molar-refractivity contribution in [1.82, 2.24) is 15.2 Å². The number of nitrogens with one attached hydrogen (secondary N) is 3. The van der Waals surface area contributed by atoms with Crippen LogP contribution in [0.2, 0.25) is 0 Å². The summed E-state index contributed by atoms with van der Waals surface area (Å²) in [6, 6.07) is 16.5. The van der Waals surface area contributed by atoms with Crippen molar-refractivity contribution in [2.24, 2.45) is 5.92 Å². The Labute approximate surface area is 192 Å². The van der Waals surface area contributed by atoms with Gasteiger partial charge in [-0.3, -0.25) is 14.4 Å². The van der Waals surface area contributed by atoms with E-state index in [1.165, 1.54) is 0 Å². The first-order valence-corrected chi connectivity index (χ1v) is 11.5. The highest BCUT2D eigenvalue weighted by Gasteiger charge is 2.52. The zero-order valence-corrected chi connectivity index (χ0v) is 18.9. The van der Waals surface area contributed by atoms with E-state index in [0.717, 1.165) is 22.2 Å². The molecule has 5 rings (SSSR count). The molecule has 0 bridgehead atoms. The average molecular weight is 445 g/mol. The van der Waals surface area contributed by atoms with Gasteiger partial charge in [-0.25, -0.2) is 0 Å². The maximum atomic E-state index is 13.5. The zero-order chi connectivity index (χ0) is 23.2. The molecular weight excluding hydrogens is 416 g/mol. The van der Waals surface area contributed by atoms with Crippen LogP contribution in [0.1, 0.15) is 42.7 Å². The van der Waals surface area contributed by atoms with Gasteiger partial charge in [0.25, 0.3) is 5.91 Å².